The summed E-state index contributed by atoms with van der Waals surface area (Å²) < 4.78 is 14.5. The second kappa shape index (κ2) is 21.4. The monoisotopic (exact) mass is 615 g/mol. The number of alkyl carbamates (subject to hydrolysis) is 1. The summed E-state index contributed by atoms with van der Waals surface area (Å²) in [5.74, 6) is -5.81. The van der Waals surface area contributed by atoms with Crippen LogP contribution in [0.25, 0.3) is 0 Å². The summed E-state index contributed by atoms with van der Waals surface area (Å²) >= 11 is 0. The molecule has 244 valence electrons. The molecule has 6 N–H and O–H groups in total. The zero-order valence-electron chi connectivity index (χ0n) is 25.6. The van der Waals surface area contributed by atoms with E-state index in [9.17, 15) is 38.7 Å². The number of carbonyl (C=O) groups excluding carboxylic acids is 6. The summed E-state index contributed by atoms with van der Waals surface area (Å²) in [5.41, 5.74) is 3.39. The van der Waals surface area contributed by atoms with Crippen molar-refractivity contribution in [3.8, 4) is 0 Å². The van der Waals surface area contributed by atoms with Crippen molar-refractivity contribution in [3.63, 3.8) is 0 Å². The maximum Gasteiger partial charge on any atom is 0.407 e. The number of aliphatic carboxylic acids is 2. The normalized spacial score (nSPS) is 11.8. The molecule has 0 fully saturated rings. The molecule has 0 aliphatic carbocycles. The molecule has 15 nitrogen and oxygen atoms in total. The van der Waals surface area contributed by atoms with E-state index in [0.717, 1.165) is 0 Å². The number of ketones is 1. The Morgan fingerprint density at radius 2 is 1.35 bits per heavy atom. The van der Waals surface area contributed by atoms with Gasteiger partial charge in [-0.1, -0.05) is 13.2 Å². The molecule has 0 radical (unpaired) electrons. The van der Waals surface area contributed by atoms with E-state index >= 15 is 0 Å². The zero-order valence-corrected chi connectivity index (χ0v) is 25.6. The largest absolute Gasteiger partial charge is 0.550 e. The first-order chi connectivity index (χ1) is 19.8. The van der Waals surface area contributed by atoms with Crippen molar-refractivity contribution in [2.75, 3.05) is 26.3 Å². The third-order valence-corrected chi connectivity index (χ3v) is 4.87. The summed E-state index contributed by atoms with van der Waals surface area (Å²) in [5, 5.41) is 24.4. The number of ether oxygens (including phenoxy) is 3. The van der Waals surface area contributed by atoms with Crippen LogP contribution in [-0.2, 0) is 43.0 Å². The highest BCUT2D eigenvalue weighted by Crippen LogP contribution is 2.09. The van der Waals surface area contributed by atoms with Crippen molar-refractivity contribution < 1.29 is 63.7 Å². The van der Waals surface area contributed by atoms with Crippen LogP contribution in [0.3, 0.4) is 0 Å². The van der Waals surface area contributed by atoms with Crippen LogP contribution in [0.1, 0.15) is 66.7 Å². The highest BCUT2D eigenvalue weighted by molar-refractivity contribution is 5.88. The Hall–Kier alpha value is -4.27. The number of Topliss-reactive ketones (excluding diaryl/α,β-unsaturated/α-hetero) is 1. The van der Waals surface area contributed by atoms with Crippen molar-refractivity contribution in [1.29, 1.82) is 0 Å². The molecule has 0 aliphatic heterocycles. The lowest BCUT2D eigenvalue weighted by Crippen LogP contribution is -2.69. The second-order valence-electron chi connectivity index (χ2n) is 10.5. The van der Waals surface area contributed by atoms with Gasteiger partial charge >= 0.3 is 24.0 Å². The minimum absolute atomic E-state index is 0.0188. The summed E-state index contributed by atoms with van der Waals surface area (Å²) in [4.78, 5) is 78.5. The van der Waals surface area contributed by atoms with E-state index in [1.54, 1.807) is 20.8 Å². The van der Waals surface area contributed by atoms with E-state index < -0.39 is 60.0 Å². The van der Waals surface area contributed by atoms with E-state index in [-0.39, 0.29) is 55.8 Å². The smallest absolute Gasteiger partial charge is 0.407 e. The number of hydrogen-bond acceptors (Lipinski definition) is 11. The van der Waals surface area contributed by atoms with Gasteiger partial charge in [0.25, 0.3) is 5.91 Å². The molecule has 0 unspecified atom stereocenters. The molecular formula is C28H45N3O12. The maximum absolute atomic E-state index is 11.9. The first-order valence-electron chi connectivity index (χ1n) is 13.4. The molecule has 0 saturated heterocycles. The zero-order chi connectivity index (χ0) is 33.8. The minimum Gasteiger partial charge on any atom is -0.550 e. The highest BCUT2D eigenvalue weighted by Gasteiger charge is 2.21. The number of esters is 2. The van der Waals surface area contributed by atoms with Gasteiger partial charge in [-0.2, -0.15) is 0 Å². The first kappa shape index (κ1) is 40.9. The van der Waals surface area contributed by atoms with Crippen molar-refractivity contribution in [2.45, 2.75) is 78.4 Å². The third kappa shape index (κ3) is 24.1. The van der Waals surface area contributed by atoms with Gasteiger partial charge in [0.2, 0.25) is 0 Å². The van der Waals surface area contributed by atoms with Gasteiger partial charge in [-0.25, -0.2) is 14.4 Å². The molecule has 0 aromatic rings. The molecule has 2 atom stereocenters. The average molecular weight is 616 g/mol. The standard InChI is InChI=1S/C19H28N2O8.C9H17NO4/c1-11(2)18(26)28-9-13(17(24)25)8-14(22)6-5-7-21-16(23)15(20)10-29-19(27)12(3)4;1-9(2,3)14-8(13)10-6-4-5-7(11)12/h13,15H,1,3,5-10,20H2,2,4H3,(H,21,23)(H,24,25);4-6H2,1-3H3,(H,10,13)(H,11,12)/t13-,15-;/m0./s1. The van der Waals surface area contributed by atoms with Gasteiger partial charge in [-0.15, -0.1) is 0 Å². The van der Waals surface area contributed by atoms with Crippen LogP contribution in [0.4, 0.5) is 4.79 Å². The van der Waals surface area contributed by atoms with Crippen LogP contribution in [0.2, 0.25) is 0 Å². The Morgan fingerprint density at radius 1 is 0.860 bits per heavy atom. The third-order valence-electron chi connectivity index (χ3n) is 4.87. The summed E-state index contributed by atoms with van der Waals surface area (Å²) in [6, 6.07) is -0.820. The van der Waals surface area contributed by atoms with Gasteiger partial charge in [0, 0.05) is 55.4 Å². The molecular weight excluding hydrogens is 570 g/mol. The fraction of sp³-hybridized carbons (Fsp3) is 0.607. The van der Waals surface area contributed by atoms with E-state index in [0.29, 0.717) is 13.0 Å². The van der Waals surface area contributed by atoms with Crippen LogP contribution < -0.4 is 21.5 Å². The van der Waals surface area contributed by atoms with Crippen molar-refractivity contribution in [3.05, 3.63) is 24.3 Å². The Labute approximate surface area is 251 Å². The maximum atomic E-state index is 11.9. The minimum atomic E-state index is -1.50. The quantitative estimate of drug-likeness (QED) is 0.0656. The fourth-order valence-electron chi connectivity index (χ4n) is 2.65. The number of nitrogens with one attached hydrogen (secondary N) is 2. The van der Waals surface area contributed by atoms with Crippen LogP contribution in [0, 0.1) is 5.92 Å². The van der Waals surface area contributed by atoms with Crippen LogP contribution in [0.15, 0.2) is 24.3 Å². The van der Waals surface area contributed by atoms with Gasteiger partial charge in [0.1, 0.15) is 18.0 Å². The second-order valence-corrected chi connectivity index (χ2v) is 10.5. The predicted octanol–water partition coefficient (Wildman–Crippen LogP) is -0.567. The topological polar surface area (TPSA) is 242 Å². The lowest BCUT2D eigenvalue weighted by Gasteiger charge is -2.19. The number of hydrogen-bond donors (Lipinski definition) is 4. The Bertz CT molecular complexity index is 1020. The van der Waals surface area contributed by atoms with Gasteiger partial charge in [0.05, 0.1) is 0 Å². The molecule has 0 spiro atoms. The Kier molecular flexibility index (Phi) is 20.4. The number of carboxylic acid groups (broad SMARTS) is 2. The lowest BCUT2D eigenvalue weighted by molar-refractivity contribution is -0.409. The SMILES string of the molecule is C=C(C)C(=O)OC[C@H](CC(=O)CCCNC(=O)[C@@H]([NH3+])COC(=O)C(=C)C)C(=O)[O-].CC(C)(C)OC(=O)NCCCC(=O)O. The fourth-order valence-corrected chi connectivity index (χ4v) is 2.65. The molecule has 0 heterocycles. The first-order valence-corrected chi connectivity index (χ1v) is 13.4. The molecule has 0 bridgehead atoms. The van der Waals surface area contributed by atoms with E-state index in [2.05, 4.69) is 29.5 Å². The van der Waals surface area contributed by atoms with E-state index in [1.807, 2.05) is 0 Å². The summed E-state index contributed by atoms with van der Waals surface area (Å²) in [6.07, 6.45) is -0.110. The summed E-state index contributed by atoms with van der Waals surface area (Å²) in [6.45, 7) is 14.8. The average Bonchev–Trinajstić information content (AvgIpc) is 2.88. The molecule has 43 heavy (non-hydrogen) atoms. The Balaban J connectivity index is 0. The van der Waals surface area contributed by atoms with Crippen LogP contribution in [0.5, 0.6) is 0 Å². The van der Waals surface area contributed by atoms with E-state index in [1.165, 1.54) is 13.8 Å². The molecule has 0 saturated carbocycles. The number of quaternary nitrogens is 1. The molecule has 0 aromatic heterocycles. The molecule has 0 rings (SSSR count). The molecule has 0 aliphatic rings. The van der Waals surface area contributed by atoms with Gasteiger partial charge < -0.3 is 45.6 Å². The van der Waals surface area contributed by atoms with Crippen LogP contribution >= 0.6 is 0 Å². The molecule has 15 heteroatoms. The highest BCUT2D eigenvalue weighted by atomic mass is 16.6. The summed E-state index contributed by atoms with van der Waals surface area (Å²) in [7, 11) is 0. The van der Waals surface area contributed by atoms with Gasteiger partial charge in [-0.3, -0.25) is 14.4 Å². The number of rotatable bonds is 18. The predicted molar refractivity (Wildman–Crippen MR) is 150 cm³/mol. The number of carboxylic acids is 2. The number of amides is 2. The van der Waals surface area contributed by atoms with Crippen molar-refractivity contribution in [2.24, 2.45) is 5.92 Å². The van der Waals surface area contributed by atoms with Crippen molar-refractivity contribution >= 4 is 41.7 Å². The Morgan fingerprint density at radius 3 is 1.81 bits per heavy atom. The van der Waals surface area contributed by atoms with Crippen molar-refractivity contribution in [1.82, 2.24) is 10.6 Å². The van der Waals surface area contributed by atoms with Gasteiger partial charge in [0.15, 0.2) is 12.6 Å². The van der Waals surface area contributed by atoms with Gasteiger partial charge in [-0.05, 0) is 47.5 Å². The van der Waals surface area contributed by atoms with E-state index in [4.69, 9.17) is 19.3 Å². The molecule has 0 aromatic carbocycles. The lowest BCUT2D eigenvalue weighted by atomic mass is 10.0. The molecule has 2 amide bonds. The van der Waals surface area contributed by atoms with Crippen LogP contribution in [-0.4, -0.2) is 84.7 Å². The number of carbonyl (C=O) groups is 7.